The van der Waals surface area contributed by atoms with Crippen molar-refractivity contribution in [3.05, 3.63) is 162 Å². The van der Waals surface area contributed by atoms with Crippen LogP contribution < -0.4 is 0 Å². The molecule has 8 rings (SSSR count). The average molecular weight is 603 g/mol. The Labute approximate surface area is 274 Å². The first-order valence-electron chi connectivity index (χ1n) is 15.8. The van der Waals surface area contributed by atoms with Crippen molar-refractivity contribution in [3.8, 4) is 73.6 Å². The van der Waals surface area contributed by atoms with Crippen LogP contribution in [-0.4, -0.2) is 15.0 Å². The zero-order valence-corrected chi connectivity index (χ0v) is 26.1. The molecule has 0 unspecified atom stereocenters. The number of aromatic nitrogens is 3. The fourth-order valence-corrected chi connectivity index (χ4v) is 6.81. The van der Waals surface area contributed by atoms with Crippen molar-refractivity contribution >= 4 is 0 Å². The first-order chi connectivity index (χ1) is 23.0. The zero-order valence-electron chi connectivity index (χ0n) is 26.1. The van der Waals surface area contributed by atoms with Crippen LogP contribution in [0.3, 0.4) is 0 Å². The van der Waals surface area contributed by atoms with E-state index >= 15 is 0 Å². The van der Waals surface area contributed by atoms with Gasteiger partial charge < -0.3 is 0 Å². The lowest BCUT2D eigenvalue weighted by molar-refractivity contribution is 0.660. The van der Waals surface area contributed by atoms with Crippen molar-refractivity contribution in [3.63, 3.8) is 0 Å². The molecule has 222 valence electrons. The second-order valence-corrected chi connectivity index (χ2v) is 12.4. The number of benzene rings is 6. The summed E-state index contributed by atoms with van der Waals surface area (Å²) < 4.78 is 0. The number of nitriles is 1. The number of fused-ring (bicyclic) bond motifs is 3. The normalized spacial score (nSPS) is 12.6. The maximum atomic E-state index is 9.54. The van der Waals surface area contributed by atoms with E-state index in [1.54, 1.807) is 0 Å². The highest BCUT2D eigenvalue weighted by atomic mass is 15.0. The molecule has 4 nitrogen and oxygen atoms in total. The molecule has 1 aliphatic rings. The Balaban J connectivity index is 1.34. The monoisotopic (exact) mass is 602 g/mol. The first kappa shape index (κ1) is 28.3. The summed E-state index contributed by atoms with van der Waals surface area (Å²) in [6.07, 6.45) is 0. The van der Waals surface area contributed by atoms with Gasteiger partial charge in [0.15, 0.2) is 17.5 Å². The molecule has 47 heavy (non-hydrogen) atoms. The highest BCUT2D eigenvalue weighted by Crippen LogP contribution is 2.54. The van der Waals surface area contributed by atoms with Gasteiger partial charge in [0.2, 0.25) is 0 Å². The van der Waals surface area contributed by atoms with E-state index in [2.05, 4.69) is 92.7 Å². The predicted molar refractivity (Wildman–Crippen MR) is 189 cm³/mol. The molecule has 0 bridgehead atoms. The lowest BCUT2D eigenvalue weighted by Crippen LogP contribution is -2.14. The Hall–Kier alpha value is -6.18. The van der Waals surface area contributed by atoms with Gasteiger partial charge in [0.25, 0.3) is 0 Å². The van der Waals surface area contributed by atoms with Crippen molar-refractivity contribution in [2.45, 2.75) is 19.3 Å². The van der Waals surface area contributed by atoms with E-state index in [1.165, 1.54) is 22.3 Å². The third-order valence-electron chi connectivity index (χ3n) is 9.18. The SMILES string of the molecule is CC1(C)c2ccccc2-c2c1ccc(-c1cccc(-c3nc(-c4ccccc4)nc(-c4ccccc4)n3)c1)c2-c1ccc(C#N)cc1. The Kier molecular flexibility index (Phi) is 6.82. The average Bonchev–Trinajstić information content (AvgIpc) is 3.38. The van der Waals surface area contributed by atoms with Crippen molar-refractivity contribution < 1.29 is 0 Å². The highest BCUT2D eigenvalue weighted by Gasteiger charge is 2.37. The van der Waals surface area contributed by atoms with E-state index in [9.17, 15) is 5.26 Å². The molecule has 0 radical (unpaired) electrons. The Bertz CT molecular complexity index is 2260. The van der Waals surface area contributed by atoms with Gasteiger partial charge >= 0.3 is 0 Å². The molecule has 0 fully saturated rings. The lowest BCUT2D eigenvalue weighted by Gasteiger charge is -2.23. The second-order valence-electron chi connectivity index (χ2n) is 12.4. The molecule has 1 heterocycles. The Morgan fingerprint density at radius 2 is 1.00 bits per heavy atom. The minimum absolute atomic E-state index is 0.139. The van der Waals surface area contributed by atoms with Crippen LogP contribution in [0.5, 0.6) is 0 Å². The molecule has 0 amide bonds. The van der Waals surface area contributed by atoms with Crippen LogP contribution in [0.4, 0.5) is 0 Å². The first-order valence-corrected chi connectivity index (χ1v) is 15.8. The molecule has 6 aromatic carbocycles. The van der Waals surface area contributed by atoms with E-state index in [1.807, 2.05) is 72.8 Å². The minimum atomic E-state index is -0.139. The number of rotatable bonds is 5. The number of hydrogen-bond donors (Lipinski definition) is 0. The third-order valence-corrected chi connectivity index (χ3v) is 9.18. The van der Waals surface area contributed by atoms with Gasteiger partial charge in [-0.05, 0) is 62.7 Å². The summed E-state index contributed by atoms with van der Waals surface area (Å²) >= 11 is 0. The van der Waals surface area contributed by atoms with Crippen LogP contribution in [-0.2, 0) is 5.41 Å². The van der Waals surface area contributed by atoms with E-state index in [4.69, 9.17) is 15.0 Å². The fraction of sp³-hybridized carbons (Fsp3) is 0.0698. The largest absolute Gasteiger partial charge is 0.208 e. The van der Waals surface area contributed by atoms with Gasteiger partial charge in [0.05, 0.1) is 11.6 Å². The van der Waals surface area contributed by atoms with E-state index in [-0.39, 0.29) is 5.41 Å². The quantitative estimate of drug-likeness (QED) is 0.197. The zero-order chi connectivity index (χ0) is 32.0. The molecule has 0 aliphatic heterocycles. The Morgan fingerprint density at radius 1 is 0.447 bits per heavy atom. The van der Waals surface area contributed by atoms with Gasteiger partial charge in [0.1, 0.15) is 0 Å². The minimum Gasteiger partial charge on any atom is -0.208 e. The topological polar surface area (TPSA) is 62.5 Å². The van der Waals surface area contributed by atoms with Gasteiger partial charge in [-0.25, -0.2) is 15.0 Å². The molecule has 7 aromatic rings. The van der Waals surface area contributed by atoms with Gasteiger partial charge in [0, 0.05) is 22.1 Å². The van der Waals surface area contributed by atoms with Crippen molar-refractivity contribution in [2.24, 2.45) is 0 Å². The van der Waals surface area contributed by atoms with Gasteiger partial charge in [-0.3, -0.25) is 0 Å². The van der Waals surface area contributed by atoms with Crippen LogP contribution in [0, 0.1) is 11.3 Å². The van der Waals surface area contributed by atoms with Crippen LogP contribution >= 0.6 is 0 Å². The Morgan fingerprint density at radius 3 is 1.64 bits per heavy atom. The van der Waals surface area contributed by atoms with Crippen LogP contribution in [0.1, 0.15) is 30.5 Å². The summed E-state index contributed by atoms with van der Waals surface area (Å²) in [4.78, 5) is 14.9. The maximum absolute atomic E-state index is 9.54. The molecule has 0 saturated carbocycles. The van der Waals surface area contributed by atoms with Crippen LogP contribution in [0.2, 0.25) is 0 Å². The third kappa shape index (κ3) is 4.90. The summed E-state index contributed by atoms with van der Waals surface area (Å²) in [5, 5.41) is 9.54. The van der Waals surface area contributed by atoms with E-state index in [0.717, 1.165) is 38.9 Å². The summed E-state index contributed by atoms with van der Waals surface area (Å²) in [7, 11) is 0. The van der Waals surface area contributed by atoms with Crippen molar-refractivity contribution in [1.29, 1.82) is 5.26 Å². The van der Waals surface area contributed by atoms with Gasteiger partial charge in [-0.1, -0.05) is 141 Å². The molecule has 4 heteroatoms. The predicted octanol–water partition coefficient (Wildman–Crippen LogP) is 10.4. The summed E-state index contributed by atoms with van der Waals surface area (Å²) in [5.41, 5.74) is 12.8. The van der Waals surface area contributed by atoms with Crippen LogP contribution in [0.15, 0.2) is 146 Å². The maximum Gasteiger partial charge on any atom is 0.164 e. The fourth-order valence-electron chi connectivity index (χ4n) is 6.81. The summed E-state index contributed by atoms with van der Waals surface area (Å²) in [6.45, 7) is 4.60. The van der Waals surface area contributed by atoms with E-state index in [0.29, 0.717) is 23.0 Å². The lowest BCUT2D eigenvalue weighted by atomic mass is 9.80. The van der Waals surface area contributed by atoms with Crippen molar-refractivity contribution in [2.75, 3.05) is 0 Å². The summed E-state index contributed by atoms with van der Waals surface area (Å²) in [5.74, 6) is 1.89. The highest BCUT2D eigenvalue weighted by molar-refractivity contribution is 6.00. The number of nitrogens with zero attached hydrogens (tertiary/aromatic N) is 4. The van der Waals surface area contributed by atoms with Crippen LogP contribution in [0.25, 0.3) is 67.5 Å². The number of hydrogen-bond acceptors (Lipinski definition) is 4. The van der Waals surface area contributed by atoms with E-state index < -0.39 is 0 Å². The van der Waals surface area contributed by atoms with Gasteiger partial charge in [-0.15, -0.1) is 0 Å². The summed E-state index contributed by atoms with van der Waals surface area (Å²) in [6, 6.07) is 52.0. The molecule has 0 atom stereocenters. The molecule has 0 saturated heterocycles. The van der Waals surface area contributed by atoms with Crippen molar-refractivity contribution in [1.82, 2.24) is 15.0 Å². The molecule has 0 spiro atoms. The molecular weight excluding hydrogens is 573 g/mol. The molecular formula is C43H30N4. The molecule has 0 N–H and O–H groups in total. The molecule has 1 aliphatic carbocycles. The smallest absolute Gasteiger partial charge is 0.164 e. The van der Waals surface area contributed by atoms with Gasteiger partial charge in [-0.2, -0.15) is 5.26 Å². The standard InChI is InChI=1S/C43H30N4/c1-43(2)36-19-10-9-18-35(36)39-37(43)25-24-34(38(39)29-22-20-28(27-44)21-23-29)32-16-11-17-33(26-32)42-46-40(30-12-5-3-6-13-30)45-41(47-42)31-14-7-4-8-15-31/h3-26H,1-2H3. The molecule has 1 aromatic heterocycles. The second kappa shape index (κ2) is 11.3.